The molecule has 0 aromatic heterocycles. The third-order valence-corrected chi connectivity index (χ3v) is 3.83. The number of allylic oxidation sites excluding steroid dienone is 2. The first-order valence-corrected chi connectivity index (χ1v) is 8.03. The zero-order valence-corrected chi connectivity index (χ0v) is 12.8. The van der Waals surface area contributed by atoms with Gasteiger partial charge >= 0.3 is 0 Å². The van der Waals surface area contributed by atoms with Crippen LogP contribution in [0.3, 0.4) is 0 Å². The number of hydrogen-bond donors (Lipinski definition) is 1. The monoisotopic (exact) mass is 277 g/mol. The maximum atomic E-state index is 11.8. The molecule has 1 aromatic carbocycles. The first-order chi connectivity index (χ1) is 9.19. The summed E-state index contributed by atoms with van der Waals surface area (Å²) in [6.45, 7) is 4.24. The maximum absolute atomic E-state index is 11.8. The number of hydrogen-bond acceptors (Lipinski definition) is 2. The Balaban J connectivity index is 2.44. The molecule has 3 heteroatoms. The van der Waals surface area contributed by atoms with E-state index in [-0.39, 0.29) is 5.91 Å². The Kier molecular flexibility index (Phi) is 7.34. The molecule has 0 aliphatic rings. The molecule has 0 saturated heterocycles. The number of thioether (sulfide) groups is 1. The number of rotatable bonds is 7. The van der Waals surface area contributed by atoms with E-state index >= 15 is 0 Å². The Morgan fingerprint density at radius 2 is 1.89 bits per heavy atom. The third kappa shape index (κ3) is 5.97. The smallest absolute Gasteiger partial charge is 0.224 e. The average Bonchev–Trinajstić information content (AvgIpc) is 2.44. The normalized spacial score (nSPS) is 11.4. The summed E-state index contributed by atoms with van der Waals surface area (Å²) in [7, 11) is 0. The van der Waals surface area contributed by atoms with Crippen LogP contribution >= 0.6 is 11.8 Å². The summed E-state index contributed by atoms with van der Waals surface area (Å²) in [4.78, 5) is 13.1. The van der Waals surface area contributed by atoms with Gasteiger partial charge in [-0.15, -0.1) is 11.8 Å². The van der Waals surface area contributed by atoms with E-state index in [0.717, 1.165) is 24.9 Å². The van der Waals surface area contributed by atoms with Gasteiger partial charge in [0.15, 0.2) is 0 Å². The van der Waals surface area contributed by atoms with Gasteiger partial charge in [-0.3, -0.25) is 4.79 Å². The summed E-state index contributed by atoms with van der Waals surface area (Å²) in [6, 6.07) is 8.04. The van der Waals surface area contributed by atoms with Gasteiger partial charge in [0.2, 0.25) is 5.91 Å². The summed E-state index contributed by atoms with van der Waals surface area (Å²) < 4.78 is 0. The highest BCUT2D eigenvalue weighted by Crippen LogP contribution is 2.19. The average molecular weight is 277 g/mol. The topological polar surface area (TPSA) is 29.1 Å². The van der Waals surface area contributed by atoms with Gasteiger partial charge in [0.05, 0.1) is 0 Å². The summed E-state index contributed by atoms with van der Waals surface area (Å²) in [5.74, 6) is 0.0836. The molecular weight excluding hydrogens is 254 g/mol. The summed E-state index contributed by atoms with van der Waals surface area (Å²) in [6.07, 6.45) is 7.66. The van der Waals surface area contributed by atoms with E-state index in [2.05, 4.69) is 43.6 Å². The summed E-state index contributed by atoms with van der Waals surface area (Å²) >= 11 is 1.73. The minimum atomic E-state index is 0.0836. The second kappa shape index (κ2) is 8.81. The van der Waals surface area contributed by atoms with E-state index in [9.17, 15) is 4.79 Å². The standard InChI is InChI=1S/C16H23NOS/c1-4-6-15(19-3)11-12-16(18)17-14-9-7-13(5-2)8-10-14/h6-10H,4-5,11-12H2,1-3H3,(H,17,18)/b15-6-. The molecule has 0 saturated carbocycles. The molecule has 0 unspecified atom stereocenters. The van der Waals surface area contributed by atoms with Gasteiger partial charge in [0.25, 0.3) is 0 Å². The van der Waals surface area contributed by atoms with Crippen molar-refractivity contribution in [1.82, 2.24) is 0 Å². The van der Waals surface area contributed by atoms with Gasteiger partial charge in [-0.1, -0.05) is 32.1 Å². The highest BCUT2D eigenvalue weighted by atomic mass is 32.2. The summed E-state index contributed by atoms with van der Waals surface area (Å²) in [5, 5.41) is 2.94. The van der Waals surface area contributed by atoms with Crippen molar-refractivity contribution in [2.24, 2.45) is 0 Å². The van der Waals surface area contributed by atoms with Crippen molar-refractivity contribution >= 4 is 23.4 Å². The van der Waals surface area contributed by atoms with Crippen molar-refractivity contribution in [3.05, 3.63) is 40.8 Å². The Morgan fingerprint density at radius 1 is 1.21 bits per heavy atom. The van der Waals surface area contributed by atoms with Crippen molar-refractivity contribution in [2.75, 3.05) is 11.6 Å². The molecule has 19 heavy (non-hydrogen) atoms. The van der Waals surface area contributed by atoms with Crippen LogP contribution < -0.4 is 5.32 Å². The molecular formula is C16H23NOS. The molecule has 0 fully saturated rings. The lowest BCUT2D eigenvalue weighted by molar-refractivity contribution is -0.116. The molecule has 1 rings (SSSR count). The second-order valence-electron chi connectivity index (χ2n) is 4.38. The van der Waals surface area contributed by atoms with Gasteiger partial charge in [0, 0.05) is 12.1 Å². The fraction of sp³-hybridized carbons (Fsp3) is 0.438. The van der Waals surface area contributed by atoms with Crippen LogP contribution in [0.1, 0.15) is 38.7 Å². The Hall–Kier alpha value is -1.22. The van der Waals surface area contributed by atoms with Crippen LogP contribution in [-0.2, 0) is 11.2 Å². The molecule has 1 amide bonds. The number of aryl methyl sites for hydroxylation is 1. The number of carbonyl (C=O) groups is 1. The van der Waals surface area contributed by atoms with Crippen molar-refractivity contribution in [2.45, 2.75) is 39.5 Å². The third-order valence-electron chi connectivity index (χ3n) is 2.94. The van der Waals surface area contributed by atoms with Crippen molar-refractivity contribution in [3.8, 4) is 0 Å². The van der Waals surface area contributed by atoms with E-state index in [4.69, 9.17) is 0 Å². The molecule has 0 aliphatic carbocycles. The molecule has 2 nitrogen and oxygen atoms in total. The van der Waals surface area contributed by atoms with E-state index in [1.165, 1.54) is 10.5 Å². The van der Waals surface area contributed by atoms with Crippen molar-refractivity contribution in [1.29, 1.82) is 0 Å². The Labute approximate surface area is 120 Å². The van der Waals surface area contributed by atoms with Crippen LogP contribution in [-0.4, -0.2) is 12.2 Å². The largest absolute Gasteiger partial charge is 0.326 e. The molecule has 1 aromatic rings. The first-order valence-electron chi connectivity index (χ1n) is 6.81. The Bertz CT molecular complexity index is 423. The van der Waals surface area contributed by atoms with Crippen molar-refractivity contribution < 1.29 is 4.79 Å². The van der Waals surface area contributed by atoms with E-state index in [1.807, 2.05) is 12.1 Å². The SMILES string of the molecule is CC/C=C(/CCC(=O)Nc1ccc(CC)cc1)SC. The van der Waals surface area contributed by atoms with Crippen LogP contribution in [0.4, 0.5) is 5.69 Å². The van der Waals surface area contributed by atoms with E-state index < -0.39 is 0 Å². The molecule has 0 bridgehead atoms. The Morgan fingerprint density at radius 3 is 2.42 bits per heavy atom. The second-order valence-corrected chi connectivity index (χ2v) is 5.31. The van der Waals surface area contributed by atoms with Crippen LogP contribution in [0.2, 0.25) is 0 Å². The quantitative estimate of drug-likeness (QED) is 0.787. The molecule has 0 aliphatic heterocycles. The first kappa shape index (κ1) is 15.8. The number of nitrogens with one attached hydrogen (secondary N) is 1. The number of anilines is 1. The number of amides is 1. The number of benzene rings is 1. The lowest BCUT2D eigenvalue weighted by atomic mass is 10.1. The van der Waals surface area contributed by atoms with E-state index in [0.29, 0.717) is 6.42 Å². The highest BCUT2D eigenvalue weighted by molar-refractivity contribution is 8.02. The van der Waals surface area contributed by atoms with Gasteiger partial charge in [-0.05, 0) is 48.1 Å². The van der Waals surface area contributed by atoms with Gasteiger partial charge in [0.1, 0.15) is 0 Å². The predicted molar refractivity (Wildman–Crippen MR) is 85.6 cm³/mol. The lowest BCUT2D eigenvalue weighted by Gasteiger charge is -2.07. The molecule has 104 valence electrons. The maximum Gasteiger partial charge on any atom is 0.224 e. The molecule has 0 spiro atoms. The van der Waals surface area contributed by atoms with Crippen LogP contribution in [0.5, 0.6) is 0 Å². The molecule has 0 heterocycles. The minimum absolute atomic E-state index is 0.0836. The molecule has 0 atom stereocenters. The lowest BCUT2D eigenvalue weighted by Crippen LogP contribution is -2.11. The van der Waals surface area contributed by atoms with E-state index in [1.54, 1.807) is 11.8 Å². The zero-order valence-electron chi connectivity index (χ0n) is 12.0. The summed E-state index contributed by atoms with van der Waals surface area (Å²) in [5.41, 5.74) is 2.17. The fourth-order valence-electron chi connectivity index (χ4n) is 1.80. The zero-order chi connectivity index (χ0) is 14.1. The van der Waals surface area contributed by atoms with Crippen molar-refractivity contribution in [3.63, 3.8) is 0 Å². The van der Waals surface area contributed by atoms with Crippen LogP contribution in [0, 0.1) is 0 Å². The van der Waals surface area contributed by atoms with Gasteiger partial charge < -0.3 is 5.32 Å². The fourth-order valence-corrected chi connectivity index (χ4v) is 2.44. The predicted octanol–water partition coefficient (Wildman–Crippen LogP) is 4.62. The van der Waals surface area contributed by atoms with Crippen LogP contribution in [0.25, 0.3) is 0 Å². The highest BCUT2D eigenvalue weighted by Gasteiger charge is 2.04. The number of carbonyl (C=O) groups excluding carboxylic acids is 1. The van der Waals surface area contributed by atoms with Gasteiger partial charge in [-0.25, -0.2) is 0 Å². The minimum Gasteiger partial charge on any atom is -0.326 e. The van der Waals surface area contributed by atoms with Crippen LogP contribution in [0.15, 0.2) is 35.2 Å². The molecule has 1 N–H and O–H groups in total. The van der Waals surface area contributed by atoms with Gasteiger partial charge in [-0.2, -0.15) is 0 Å². The molecule has 0 radical (unpaired) electrons.